The van der Waals surface area contributed by atoms with Gasteiger partial charge in [0.15, 0.2) is 0 Å². The van der Waals surface area contributed by atoms with Crippen molar-refractivity contribution in [3.63, 3.8) is 0 Å². The molecule has 0 fully saturated rings. The Kier molecular flexibility index (Phi) is 5.42. The molecule has 2 aromatic carbocycles. The lowest BCUT2D eigenvalue weighted by Gasteiger charge is -2.20. The summed E-state index contributed by atoms with van der Waals surface area (Å²) in [6, 6.07) is 16.6. The molecular weight excluding hydrogens is 388 g/mol. The first-order chi connectivity index (χ1) is 14.9. The molecule has 0 bridgehead atoms. The Morgan fingerprint density at radius 1 is 1.10 bits per heavy atom. The maximum Gasteiger partial charge on any atom is 0.264 e. The minimum absolute atomic E-state index is 0.157. The molecule has 0 unspecified atom stereocenters. The van der Waals surface area contributed by atoms with Crippen LogP contribution in [0.2, 0.25) is 0 Å². The smallest absolute Gasteiger partial charge is 0.264 e. The Bertz CT molecular complexity index is 1390. The van der Waals surface area contributed by atoms with Gasteiger partial charge in [-0.3, -0.25) is 18.8 Å². The molecule has 31 heavy (non-hydrogen) atoms. The highest BCUT2D eigenvalue weighted by Gasteiger charge is 2.18. The van der Waals surface area contributed by atoms with E-state index in [-0.39, 0.29) is 17.5 Å². The summed E-state index contributed by atoms with van der Waals surface area (Å²) in [6.45, 7) is 3.34. The fourth-order valence-electron chi connectivity index (χ4n) is 3.65. The van der Waals surface area contributed by atoms with Gasteiger partial charge in [-0.1, -0.05) is 42.2 Å². The molecule has 0 aliphatic heterocycles. The van der Waals surface area contributed by atoms with Crippen LogP contribution in [0.15, 0.2) is 71.8 Å². The molecule has 0 radical (unpaired) electrons. The van der Waals surface area contributed by atoms with Crippen LogP contribution in [0.25, 0.3) is 16.5 Å². The average Bonchev–Trinajstić information content (AvgIpc) is 3.17. The molecule has 4 rings (SSSR count). The molecule has 1 amide bonds. The maximum absolute atomic E-state index is 13.7. The van der Waals surface area contributed by atoms with Crippen LogP contribution in [0.1, 0.15) is 36.7 Å². The molecule has 0 aliphatic rings. The molecule has 6 nitrogen and oxygen atoms in total. The molecule has 154 valence electrons. The fraction of sp³-hybridized carbons (Fsp3) is 0.160. The van der Waals surface area contributed by atoms with Crippen LogP contribution >= 0.6 is 0 Å². The molecular formula is C25H22N4O2. The van der Waals surface area contributed by atoms with Crippen LogP contribution in [0.3, 0.4) is 0 Å². The third-order valence-corrected chi connectivity index (χ3v) is 5.00. The highest BCUT2D eigenvalue weighted by Crippen LogP contribution is 2.23. The Hall–Kier alpha value is -4.11. The van der Waals surface area contributed by atoms with Crippen molar-refractivity contribution in [3.8, 4) is 17.5 Å². The van der Waals surface area contributed by atoms with E-state index in [1.54, 1.807) is 15.4 Å². The van der Waals surface area contributed by atoms with E-state index in [2.05, 4.69) is 22.3 Å². The van der Waals surface area contributed by atoms with Gasteiger partial charge in [0.05, 0.1) is 23.2 Å². The van der Waals surface area contributed by atoms with Gasteiger partial charge in [-0.25, -0.2) is 0 Å². The highest BCUT2D eigenvalue weighted by molar-refractivity contribution is 5.88. The van der Waals surface area contributed by atoms with E-state index in [1.807, 2.05) is 74.8 Å². The first kappa shape index (κ1) is 20.2. The molecule has 4 aromatic rings. The largest absolute Gasteiger partial charge is 0.348 e. The van der Waals surface area contributed by atoms with E-state index in [0.29, 0.717) is 16.6 Å². The fourth-order valence-corrected chi connectivity index (χ4v) is 3.65. The molecule has 1 N–H and O–H groups in total. The topological polar surface area (TPSA) is 68.9 Å². The predicted molar refractivity (Wildman–Crippen MR) is 121 cm³/mol. The van der Waals surface area contributed by atoms with Crippen LogP contribution in [0.4, 0.5) is 0 Å². The Morgan fingerprint density at radius 2 is 1.87 bits per heavy atom. The molecule has 0 saturated carbocycles. The van der Waals surface area contributed by atoms with Gasteiger partial charge in [-0.05, 0) is 36.6 Å². The number of amides is 1. The predicted octanol–water partition coefficient (Wildman–Crippen LogP) is 3.32. The van der Waals surface area contributed by atoms with Crippen LogP contribution < -0.4 is 10.9 Å². The number of pyridine rings is 1. The van der Waals surface area contributed by atoms with Gasteiger partial charge in [0, 0.05) is 37.1 Å². The third-order valence-electron chi connectivity index (χ3n) is 5.00. The average molecular weight is 410 g/mol. The van der Waals surface area contributed by atoms with Gasteiger partial charge in [0.25, 0.3) is 5.56 Å². The van der Waals surface area contributed by atoms with Crippen molar-refractivity contribution in [2.45, 2.75) is 19.9 Å². The monoisotopic (exact) mass is 410 g/mol. The quantitative estimate of drug-likeness (QED) is 0.527. The number of carbonyl (C=O) groups excluding carboxylic acids is 1. The zero-order chi connectivity index (χ0) is 22.0. The first-order valence-corrected chi connectivity index (χ1v) is 9.96. The lowest BCUT2D eigenvalue weighted by atomic mass is 10.0. The van der Waals surface area contributed by atoms with E-state index in [4.69, 9.17) is 0 Å². The minimum Gasteiger partial charge on any atom is -0.348 e. The summed E-state index contributed by atoms with van der Waals surface area (Å²) >= 11 is 0. The van der Waals surface area contributed by atoms with Crippen molar-refractivity contribution in [1.82, 2.24) is 19.7 Å². The zero-order valence-corrected chi connectivity index (χ0v) is 17.6. The molecule has 2 aromatic heterocycles. The van der Waals surface area contributed by atoms with Gasteiger partial charge in [0.1, 0.15) is 0 Å². The summed E-state index contributed by atoms with van der Waals surface area (Å²) in [5, 5.41) is 8.34. The molecule has 0 aliphatic carbocycles. The second-order valence-corrected chi connectivity index (χ2v) is 7.39. The van der Waals surface area contributed by atoms with Crippen molar-refractivity contribution in [1.29, 1.82) is 0 Å². The molecule has 6 heteroatoms. The summed E-state index contributed by atoms with van der Waals surface area (Å²) in [4.78, 5) is 25.4. The Labute approximate surface area is 180 Å². The number of fused-ring (bicyclic) bond motifs is 1. The van der Waals surface area contributed by atoms with E-state index in [9.17, 15) is 9.59 Å². The van der Waals surface area contributed by atoms with E-state index >= 15 is 0 Å². The number of nitrogens with one attached hydrogen (secondary N) is 1. The normalized spacial score (nSPS) is 11.6. The lowest BCUT2D eigenvalue weighted by molar-refractivity contribution is -0.119. The SMILES string of the molecule is CC(=O)N[C@@H](C)c1cc2cccc(C#Cc3cnn(C)c3)c2c(=O)n1-c1ccccc1. The first-order valence-electron chi connectivity index (χ1n) is 9.96. The minimum atomic E-state index is -0.347. The number of hydrogen-bond donors (Lipinski definition) is 1. The summed E-state index contributed by atoms with van der Waals surface area (Å²) in [6.07, 6.45) is 3.52. The van der Waals surface area contributed by atoms with Gasteiger partial charge >= 0.3 is 0 Å². The van der Waals surface area contributed by atoms with E-state index < -0.39 is 0 Å². The standard InChI is InChI=1S/C25H22N4O2/c1-17(27-18(2)30)23-14-21-9-7-8-20(13-12-19-15-26-28(3)16-19)24(21)25(31)29(23)22-10-5-4-6-11-22/h4-11,14-17H,1-3H3,(H,27,30)/t17-/m0/s1. The molecule has 1 atom stereocenters. The van der Waals surface area contributed by atoms with Crippen molar-refractivity contribution >= 4 is 16.7 Å². The van der Waals surface area contributed by atoms with Gasteiger partial charge < -0.3 is 5.32 Å². The molecule has 2 heterocycles. The number of carbonyl (C=O) groups is 1. The number of nitrogens with zero attached hydrogens (tertiary/aromatic N) is 3. The van der Waals surface area contributed by atoms with Gasteiger partial charge in [-0.15, -0.1) is 0 Å². The number of aromatic nitrogens is 3. The summed E-state index contributed by atoms with van der Waals surface area (Å²) in [5.74, 6) is 6.06. The number of aryl methyl sites for hydroxylation is 1. The summed E-state index contributed by atoms with van der Waals surface area (Å²) < 4.78 is 3.34. The summed E-state index contributed by atoms with van der Waals surface area (Å²) in [5.41, 5.74) is 2.69. The highest BCUT2D eigenvalue weighted by atomic mass is 16.1. The van der Waals surface area contributed by atoms with Crippen molar-refractivity contribution in [2.75, 3.05) is 0 Å². The van der Waals surface area contributed by atoms with E-state index in [0.717, 1.165) is 16.6 Å². The van der Waals surface area contributed by atoms with E-state index in [1.165, 1.54) is 6.92 Å². The third kappa shape index (κ3) is 4.12. The van der Waals surface area contributed by atoms with Crippen molar-refractivity contribution in [3.05, 3.63) is 94.2 Å². The maximum atomic E-state index is 13.7. The van der Waals surface area contributed by atoms with Crippen LogP contribution in [0, 0.1) is 11.8 Å². The second kappa shape index (κ2) is 8.33. The van der Waals surface area contributed by atoms with Gasteiger partial charge in [-0.2, -0.15) is 5.10 Å². The van der Waals surface area contributed by atoms with Crippen molar-refractivity contribution < 1.29 is 4.79 Å². The van der Waals surface area contributed by atoms with Crippen LogP contribution in [0.5, 0.6) is 0 Å². The second-order valence-electron chi connectivity index (χ2n) is 7.39. The zero-order valence-electron chi connectivity index (χ0n) is 17.6. The molecule has 0 saturated heterocycles. The van der Waals surface area contributed by atoms with Crippen LogP contribution in [-0.4, -0.2) is 20.3 Å². The lowest BCUT2D eigenvalue weighted by Crippen LogP contribution is -2.31. The summed E-state index contributed by atoms with van der Waals surface area (Å²) in [7, 11) is 1.83. The number of para-hydroxylation sites is 1. The number of benzene rings is 2. The Morgan fingerprint density at radius 3 is 2.55 bits per heavy atom. The van der Waals surface area contributed by atoms with Crippen LogP contribution in [-0.2, 0) is 11.8 Å². The van der Waals surface area contributed by atoms with Crippen molar-refractivity contribution in [2.24, 2.45) is 7.05 Å². The number of hydrogen-bond acceptors (Lipinski definition) is 3. The Balaban J connectivity index is 1.98. The van der Waals surface area contributed by atoms with Gasteiger partial charge in [0.2, 0.25) is 5.91 Å². The molecule has 0 spiro atoms. The number of rotatable bonds is 3.